The molecule has 0 unspecified atom stereocenters. The maximum atomic E-state index is 12.2. The molecule has 3 nitrogen and oxygen atoms in total. The van der Waals surface area contributed by atoms with Gasteiger partial charge in [-0.1, -0.05) is 49.4 Å². The minimum atomic E-state index is -3.47. The second-order valence-electron chi connectivity index (χ2n) is 4.75. The molecule has 0 aliphatic rings. The van der Waals surface area contributed by atoms with Gasteiger partial charge in [0.15, 0.2) is 0 Å². The summed E-state index contributed by atoms with van der Waals surface area (Å²) in [6.45, 7) is 3.94. The molecule has 0 saturated heterocycles. The third kappa shape index (κ3) is 3.46. The lowest BCUT2D eigenvalue weighted by atomic mass is 10.1. The summed E-state index contributed by atoms with van der Waals surface area (Å²) in [5, 5.41) is 0. The molecule has 0 amide bonds. The second-order valence-corrected chi connectivity index (χ2v) is 6.47. The standard InChI is InChI=1S/C16H19NO2S/c1-3-14-9-11-15(12-10-14)13(2)17-20(18,19)16-7-5-4-6-8-16/h4-13,17H,3H2,1-2H3/t13-/m1/s1. The molecule has 0 aromatic heterocycles. The Morgan fingerprint density at radius 1 is 1.00 bits per heavy atom. The monoisotopic (exact) mass is 289 g/mol. The van der Waals surface area contributed by atoms with Gasteiger partial charge in [-0.05, 0) is 36.6 Å². The summed E-state index contributed by atoms with van der Waals surface area (Å²) in [5.41, 5.74) is 2.20. The number of hydrogen-bond acceptors (Lipinski definition) is 2. The molecule has 4 heteroatoms. The number of hydrogen-bond donors (Lipinski definition) is 1. The summed E-state index contributed by atoms with van der Waals surface area (Å²) >= 11 is 0. The highest BCUT2D eigenvalue weighted by molar-refractivity contribution is 7.89. The lowest BCUT2D eigenvalue weighted by Crippen LogP contribution is -2.26. The lowest BCUT2D eigenvalue weighted by Gasteiger charge is -2.15. The van der Waals surface area contributed by atoms with Gasteiger partial charge in [0.2, 0.25) is 10.0 Å². The molecule has 0 radical (unpaired) electrons. The molecule has 106 valence electrons. The van der Waals surface area contributed by atoms with Gasteiger partial charge in [0.1, 0.15) is 0 Å². The highest BCUT2D eigenvalue weighted by Gasteiger charge is 2.17. The van der Waals surface area contributed by atoms with Crippen molar-refractivity contribution in [2.75, 3.05) is 0 Å². The topological polar surface area (TPSA) is 46.2 Å². The van der Waals surface area contributed by atoms with E-state index in [1.807, 2.05) is 31.2 Å². The summed E-state index contributed by atoms with van der Waals surface area (Å²) < 4.78 is 27.2. The molecule has 0 aliphatic heterocycles. The molecule has 1 N–H and O–H groups in total. The van der Waals surface area contributed by atoms with Gasteiger partial charge in [0.25, 0.3) is 0 Å². The van der Waals surface area contributed by atoms with Crippen LogP contribution in [0.1, 0.15) is 31.0 Å². The quantitative estimate of drug-likeness (QED) is 0.918. The fourth-order valence-corrected chi connectivity index (χ4v) is 3.26. The molecular weight excluding hydrogens is 270 g/mol. The predicted octanol–water partition coefficient (Wildman–Crippen LogP) is 3.29. The molecule has 2 rings (SSSR count). The van der Waals surface area contributed by atoms with Crippen molar-refractivity contribution < 1.29 is 8.42 Å². The third-order valence-corrected chi connectivity index (χ3v) is 4.83. The molecule has 0 fully saturated rings. The largest absolute Gasteiger partial charge is 0.241 e. The van der Waals surface area contributed by atoms with Gasteiger partial charge in [-0.25, -0.2) is 13.1 Å². The summed E-state index contributed by atoms with van der Waals surface area (Å²) in [5.74, 6) is 0. The van der Waals surface area contributed by atoms with E-state index < -0.39 is 10.0 Å². The van der Waals surface area contributed by atoms with Crippen LogP contribution in [0.25, 0.3) is 0 Å². The van der Waals surface area contributed by atoms with Gasteiger partial charge in [0.05, 0.1) is 4.90 Å². The molecular formula is C16H19NO2S. The van der Waals surface area contributed by atoms with Crippen LogP contribution in [0.5, 0.6) is 0 Å². The van der Waals surface area contributed by atoms with Crippen molar-refractivity contribution in [2.45, 2.75) is 31.2 Å². The SMILES string of the molecule is CCc1ccc([C@@H](C)NS(=O)(=O)c2ccccc2)cc1. The van der Waals surface area contributed by atoms with Crippen LogP contribution < -0.4 is 4.72 Å². The van der Waals surface area contributed by atoms with Crippen LogP contribution in [0.2, 0.25) is 0 Å². The smallest absolute Gasteiger partial charge is 0.207 e. The van der Waals surface area contributed by atoms with Crippen LogP contribution in [0.4, 0.5) is 0 Å². The Hall–Kier alpha value is -1.65. The van der Waals surface area contributed by atoms with Crippen molar-refractivity contribution in [1.82, 2.24) is 4.72 Å². The molecule has 1 atom stereocenters. The number of sulfonamides is 1. The molecule has 0 aliphatic carbocycles. The summed E-state index contributed by atoms with van der Waals surface area (Å²) in [7, 11) is -3.47. The Kier molecular flexibility index (Phi) is 4.57. The van der Waals surface area contributed by atoms with E-state index in [9.17, 15) is 8.42 Å². The predicted molar refractivity (Wildman–Crippen MR) is 81.0 cm³/mol. The zero-order chi connectivity index (χ0) is 14.6. The van der Waals surface area contributed by atoms with Crippen molar-refractivity contribution in [3.8, 4) is 0 Å². The van der Waals surface area contributed by atoms with Gasteiger partial charge in [-0.2, -0.15) is 0 Å². The maximum absolute atomic E-state index is 12.2. The average Bonchev–Trinajstić information content (AvgIpc) is 2.48. The Morgan fingerprint density at radius 3 is 2.15 bits per heavy atom. The van der Waals surface area contributed by atoms with Gasteiger partial charge in [-0.3, -0.25) is 0 Å². The average molecular weight is 289 g/mol. The Bertz CT molecular complexity index is 649. The maximum Gasteiger partial charge on any atom is 0.241 e. The van der Waals surface area contributed by atoms with Gasteiger partial charge < -0.3 is 0 Å². The van der Waals surface area contributed by atoms with Crippen LogP contribution in [0, 0.1) is 0 Å². The Balaban J connectivity index is 2.16. The Labute approximate surface area is 120 Å². The first-order valence-electron chi connectivity index (χ1n) is 6.69. The first-order valence-corrected chi connectivity index (χ1v) is 8.17. The first-order chi connectivity index (χ1) is 9.53. The van der Waals surface area contributed by atoms with Crippen molar-refractivity contribution in [2.24, 2.45) is 0 Å². The second kappa shape index (κ2) is 6.20. The zero-order valence-electron chi connectivity index (χ0n) is 11.7. The Morgan fingerprint density at radius 2 is 1.60 bits per heavy atom. The molecule has 2 aromatic rings. The van der Waals surface area contributed by atoms with E-state index in [2.05, 4.69) is 11.6 Å². The summed E-state index contributed by atoms with van der Waals surface area (Å²) in [6.07, 6.45) is 0.977. The van der Waals surface area contributed by atoms with E-state index in [0.29, 0.717) is 0 Å². The molecule has 0 spiro atoms. The number of nitrogens with one attached hydrogen (secondary N) is 1. The van der Waals surface area contributed by atoms with Crippen LogP contribution >= 0.6 is 0 Å². The molecule has 0 saturated carbocycles. The van der Waals surface area contributed by atoms with Gasteiger partial charge in [0, 0.05) is 6.04 Å². The van der Waals surface area contributed by atoms with E-state index in [1.165, 1.54) is 5.56 Å². The zero-order valence-corrected chi connectivity index (χ0v) is 12.5. The van der Waals surface area contributed by atoms with Crippen LogP contribution in [-0.4, -0.2) is 8.42 Å². The summed E-state index contributed by atoms with van der Waals surface area (Å²) in [6, 6.07) is 16.2. The number of aryl methyl sites for hydroxylation is 1. The number of benzene rings is 2. The fraction of sp³-hybridized carbons (Fsp3) is 0.250. The minimum Gasteiger partial charge on any atom is -0.207 e. The molecule has 2 aromatic carbocycles. The van der Waals surface area contributed by atoms with Crippen molar-refractivity contribution >= 4 is 10.0 Å². The first kappa shape index (κ1) is 14.8. The minimum absolute atomic E-state index is 0.258. The van der Waals surface area contributed by atoms with E-state index in [1.54, 1.807) is 30.3 Å². The fourth-order valence-electron chi connectivity index (χ4n) is 2.01. The van der Waals surface area contributed by atoms with E-state index in [0.717, 1.165) is 12.0 Å². The number of rotatable bonds is 5. The molecule has 20 heavy (non-hydrogen) atoms. The molecule has 0 heterocycles. The van der Waals surface area contributed by atoms with Crippen LogP contribution in [0.3, 0.4) is 0 Å². The van der Waals surface area contributed by atoms with Crippen LogP contribution in [-0.2, 0) is 16.4 Å². The highest BCUT2D eigenvalue weighted by atomic mass is 32.2. The van der Waals surface area contributed by atoms with Crippen LogP contribution in [0.15, 0.2) is 59.5 Å². The van der Waals surface area contributed by atoms with Gasteiger partial charge in [-0.15, -0.1) is 0 Å². The van der Waals surface area contributed by atoms with E-state index >= 15 is 0 Å². The van der Waals surface area contributed by atoms with E-state index in [4.69, 9.17) is 0 Å². The third-order valence-electron chi connectivity index (χ3n) is 3.27. The normalized spacial score (nSPS) is 13.1. The van der Waals surface area contributed by atoms with E-state index in [-0.39, 0.29) is 10.9 Å². The lowest BCUT2D eigenvalue weighted by molar-refractivity contribution is 0.567. The summed E-state index contributed by atoms with van der Waals surface area (Å²) in [4.78, 5) is 0.289. The van der Waals surface area contributed by atoms with Crippen molar-refractivity contribution in [1.29, 1.82) is 0 Å². The molecule has 0 bridgehead atoms. The van der Waals surface area contributed by atoms with Gasteiger partial charge >= 0.3 is 0 Å². The van der Waals surface area contributed by atoms with Crippen molar-refractivity contribution in [3.63, 3.8) is 0 Å². The van der Waals surface area contributed by atoms with Crippen molar-refractivity contribution in [3.05, 3.63) is 65.7 Å². The highest BCUT2D eigenvalue weighted by Crippen LogP contribution is 2.17.